The van der Waals surface area contributed by atoms with Crippen LogP contribution in [-0.2, 0) is 6.54 Å². The molecule has 4 rings (SSSR count). The molecular formula is C19H19ClN4O2S. The summed E-state index contributed by atoms with van der Waals surface area (Å²) in [5.74, 6) is 2.01. The zero-order chi connectivity index (χ0) is 18.8. The first-order valence-electron chi connectivity index (χ1n) is 9.04. The highest BCUT2D eigenvalue weighted by Crippen LogP contribution is 2.36. The van der Waals surface area contributed by atoms with Crippen LogP contribution in [0, 0.1) is 10.1 Å². The molecule has 0 bridgehead atoms. The number of nitrogens with one attached hydrogen (secondary N) is 1. The van der Waals surface area contributed by atoms with E-state index in [1.54, 1.807) is 12.1 Å². The van der Waals surface area contributed by atoms with Crippen LogP contribution in [0.3, 0.4) is 0 Å². The Morgan fingerprint density at radius 2 is 2.04 bits per heavy atom. The first-order valence-corrected chi connectivity index (χ1v) is 10.2. The summed E-state index contributed by atoms with van der Waals surface area (Å²) in [5.41, 5.74) is 0.917. The van der Waals surface area contributed by atoms with Gasteiger partial charge in [0.1, 0.15) is 16.5 Å². The standard InChI is InChI=1S/C19H19ClN4O2S/c20-16-10-15-18(21-11-12-5-4-8-14(9-12)24(25)26)22-17(23-19(15)27-16)13-6-2-1-3-7-13/h4-5,8-10,13H,1-3,6-7,11H2,(H,21,22,23). The monoisotopic (exact) mass is 402 g/mol. The fourth-order valence-corrected chi connectivity index (χ4v) is 4.65. The molecule has 1 fully saturated rings. The van der Waals surface area contributed by atoms with Gasteiger partial charge < -0.3 is 5.32 Å². The second-order valence-corrected chi connectivity index (χ2v) is 8.48. The van der Waals surface area contributed by atoms with Crippen molar-refractivity contribution in [2.24, 2.45) is 0 Å². The number of hydrogen-bond acceptors (Lipinski definition) is 6. The molecule has 3 aromatic rings. The molecule has 0 radical (unpaired) electrons. The summed E-state index contributed by atoms with van der Waals surface area (Å²) in [6, 6.07) is 8.50. The first kappa shape index (κ1) is 18.1. The number of rotatable bonds is 5. The van der Waals surface area contributed by atoms with Gasteiger partial charge in [-0.1, -0.05) is 43.0 Å². The number of nitrogens with zero attached hydrogens (tertiary/aromatic N) is 3. The van der Waals surface area contributed by atoms with Gasteiger partial charge in [-0.2, -0.15) is 0 Å². The van der Waals surface area contributed by atoms with Crippen LogP contribution < -0.4 is 5.32 Å². The normalized spacial score (nSPS) is 15.1. The van der Waals surface area contributed by atoms with E-state index < -0.39 is 0 Å². The quantitative estimate of drug-likeness (QED) is 0.423. The fraction of sp³-hybridized carbons (Fsp3) is 0.368. The van der Waals surface area contributed by atoms with Crippen LogP contribution in [0.1, 0.15) is 49.4 Å². The van der Waals surface area contributed by atoms with Gasteiger partial charge in [-0.3, -0.25) is 10.1 Å². The van der Waals surface area contributed by atoms with Gasteiger partial charge >= 0.3 is 0 Å². The molecule has 140 valence electrons. The number of halogens is 1. The largest absolute Gasteiger partial charge is 0.365 e. The van der Waals surface area contributed by atoms with Gasteiger partial charge in [0.25, 0.3) is 5.69 Å². The number of benzene rings is 1. The zero-order valence-corrected chi connectivity index (χ0v) is 16.2. The zero-order valence-electron chi connectivity index (χ0n) is 14.7. The Labute approximate surface area is 165 Å². The molecule has 0 aliphatic heterocycles. The molecule has 27 heavy (non-hydrogen) atoms. The molecule has 1 saturated carbocycles. The second kappa shape index (κ2) is 7.78. The van der Waals surface area contributed by atoms with Crippen LogP contribution in [0.2, 0.25) is 4.34 Å². The van der Waals surface area contributed by atoms with Gasteiger partial charge in [-0.05, 0) is 24.5 Å². The van der Waals surface area contributed by atoms with E-state index in [0.29, 0.717) is 16.8 Å². The minimum absolute atomic E-state index is 0.0867. The van der Waals surface area contributed by atoms with Crippen molar-refractivity contribution in [3.8, 4) is 0 Å². The number of aromatic nitrogens is 2. The molecule has 2 aromatic heterocycles. The smallest absolute Gasteiger partial charge is 0.269 e. The van der Waals surface area contributed by atoms with E-state index in [-0.39, 0.29) is 10.6 Å². The third kappa shape index (κ3) is 4.04. The van der Waals surface area contributed by atoms with Crippen LogP contribution in [0.5, 0.6) is 0 Å². The van der Waals surface area contributed by atoms with Crippen molar-refractivity contribution in [2.75, 3.05) is 5.32 Å². The summed E-state index contributed by atoms with van der Waals surface area (Å²) < 4.78 is 0.679. The third-order valence-corrected chi connectivity index (χ3v) is 6.09. The van der Waals surface area contributed by atoms with Gasteiger partial charge in [0.15, 0.2) is 0 Å². The topological polar surface area (TPSA) is 81.0 Å². The number of thiophene rings is 1. The Kier molecular flexibility index (Phi) is 5.22. The summed E-state index contributed by atoms with van der Waals surface area (Å²) in [6.45, 7) is 0.450. The maximum atomic E-state index is 11.0. The predicted octanol–water partition coefficient (Wildman–Crippen LogP) is 5.91. The lowest BCUT2D eigenvalue weighted by Crippen LogP contribution is -2.11. The third-order valence-electron chi connectivity index (χ3n) is 4.93. The minimum atomic E-state index is -0.383. The Bertz CT molecular complexity index is 985. The Hall–Kier alpha value is -2.25. The highest BCUT2D eigenvalue weighted by atomic mass is 35.5. The van der Waals surface area contributed by atoms with Crippen LogP contribution >= 0.6 is 22.9 Å². The van der Waals surface area contributed by atoms with Gasteiger partial charge in [0, 0.05) is 24.6 Å². The van der Waals surface area contributed by atoms with Crippen LogP contribution in [0.15, 0.2) is 30.3 Å². The van der Waals surface area contributed by atoms with Gasteiger partial charge in [0.05, 0.1) is 14.6 Å². The highest BCUT2D eigenvalue weighted by molar-refractivity contribution is 7.22. The van der Waals surface area contributed by atoms with Crippen molar-refractivity contribution in [3.63, 3.8) is 0 Å². The van der Waals surface area contributed by atoms with E-state index in [4.69, 9.17) is 21.6 Å². The van der Waals surface area contributed by atoms with Crippen molar-refractivity contribution < 1.29 is 4.92 Å². The number of nitro benzene ring substituents is 1. The van der Waals surface area contributed by atoms with Gasteiger partial charge in [-0.15, -0.1) is 11.3 Å². The summed E-state index contributed by atoms with van der Waals surface area (Å²) in [4.78, 5) is 21.0. The molecule has 0 amide bonds. The van der Waals surface area contributed by atoms with Gasteiger partial charge in [0.2, 0.25) is 0 Å². The molecule has 1 aliphatic carbocycles. The lowest BCUT2D eigenvalue weighted by atomic mass is 9.89. The van der Waals surface area contributed by atoms with Crippen molar-refractivity contribution >= 4 is 44.7 Å². The van der Waals surface area contributed by atoms with Crippen LogP contribution in [-0.4, -0.2) is 14.9 Å². The van der Waals surface area contributed by atoms with Crippen LogP contribution in [0.25, 0.3) is 10.2 Å². The van der Waals surface area contributed by atoms with Crippen LogP contribution in [0.4, 0.5) is 11.5 Å². The van der Waals surface area contributed by atoms with Crippen molar-refractivity contribution in [2.45, 2.75) is 44.6 Å². The fourth-order valence-electron chi connectivity index (χ4n) is 3.55. The number of non-ortho nitro benzene ring substituents is 1. The van der Waals surface area contributed by atoms with E-state index in [0.717, 1.165) is 40.3 Å². The molecule has 0 spiro atoms. The summed E-state index contributed by atoms with van der Waals surface area (Å²) in [5, 5.41) is 15.2. The van der Waals surface area contributed by atoms with E-state index in [1.165, 1.54) is 36.7 Å². The highest BCUT2D eigenvalue weighted by Gasteiger charge is 2.21. The maximum Gasteiger partial charge on any atom is 0.269 e. The number of anilines is 1. The Morgan fingerprint density at radius 1 is 1.22 bits per heavy atom. The summed E-state index contributed by atoms with van der Waals surface area (Å²) in [6.07, 6.45) is 5.95. The molecule has 0 unspecified atom stereocenters. The molecule has 6 nitrogen and oxygen atoms in total. The number of nitro groups is 1. The molecule has 0 atom stereocenters. The maximum absolute atomic E-state index is 11.0. The minimum Gasteiger partial charge on any atom is -0.365 e. The SMILES string of the molecule is O=[N+]([O-])c1cccc(CNc2nc(C3CCCCC3)nc3sc(Cl)cc23)c1. The summed E-state index contributed by atoms with van der Waals surface area (Å²) in [7, 11) is 0. The number of hydrogen-bond donors (Lipinski definition) is 1. The lowest BCUT2D eigenvalue weighted by Gasteiger charge is -2.21. The average molecular weight is 403 g/mol. The lowest BCUT2D eigenvalue weighted by molar-refractivity contribution is -0.384. The van der Waals surface area contributed by atoms with E-state index in [2.05, 4.69) is 5.32 Å². The number of fused-ring (bicyclic) bond motifs is 1. The molecule has 1 N–H and O–H groups in total. The van der Waals surface area contributed by atoms with Crippen molar-refractivity contribution in [3.05, 3.63) is 56.2 Å². The van der Waals surface area contributed by atoms with E-state index in [1.807, 2.05) is 12.1 Å². The molecule has 0 saturated heterocycles. The predicted molar refractivity (Wildman–Crippen MR) is 109 cm³/mol. The molecule has 2 heterocycles. The first-order chi connectivity index (χ1) is 13.1. The molecular weight excluding hydrogens is 384 g/mol. The second-order valence-electron chi connectivity index (χ2n) is 6.82. The van der Waals surface area contributed by atoms with E-state index in [9.17, 15) is 10.1 Å². The molecule has 8 heteroatoms. The Balaban J connectivity index is 1.63. The molecule has 1 aliphatic rings. The van der Waals surface area contributed by atoms with Gasteiger partial charge in [-0.25, -0.2) is 9.97 Å². The van der Waals surface area contributed by atoms with Crippen molar-refractivity contribution in [1.29, 1.82) is 0 Å². The Morgan fingerprint density at radius 3 is 2.81 bits per heavy atom. The summed E-state index contributed by atoms with van der Waals surface area (Å²) >= 11 is 7.67. The average Bonchev–Trinajstić information content (AvgIpc) is 3.07. The van der Waals surface area contributed by atoms with Crippen molar-refractivity contribution in [1.82, 2.24) is 9.97 Å². The van der Waals surface area contributed by atoms with E-state index >= 15 is 0 Å². The molecule has 1 aromatic carbocycles.